The number of hydrogen-bond acceptors (Lipinski definition) is 6. The van der Waals surface area contributed by atoms with Gasteiger partial charge in [0, 0.05) is 4.90 Å². The molecule has 1 amide bonds. The number of rotatable bonds is 8. The maximum atomic E-state index is 12.2. The highest BCUT2D eigenvalue weighted by Gasteiger charge is 2.17. The minimum Gasteiger partial charge on any atom is -0.467 e. The number of benzene rings is 1. The number of esters is 1. The van der Waals surface area contributed by atoms with Gasteiger partial charge in [-0.05, 0) is 38.1 Å². The van der Waals surface area contributed by atoms with E-state index in [0.717, 1.165) is 0 Å². The van der Waals surface area contributed by atoms with Crippen LogP contribution in [0.3, 0.4) is 0 Å². The van der Waals surface area contributed by atoms with Crippen LogP contribution in [0.2, 0.25) is 0 Å². The Hall–Kier alpha value is -2.54. The molecule has 1 aromatic carbocycles. The van der Waals surface area contributed by atoms with Crippen LogP contribution in [0.15, 0.2) is 52.0 Å². The monoisotopic (exact) mass is 361 g/mol. The zero-order valence-corrected chi connectivity index (χ0v) is 14.8. The predicted molar refractivity (Wildman–Crippen MR) is 93.4 cm³/mol. The van der Waals surface area contributed by atoms with E-state index in [1.165, 1.54) is 24.9 Å². The van der Waals surface area contributed by atoms with Gasteiger partial charge in [0.15, 0.2) is 6.61 Å². The van der Waals surface area contributed by atoms with Crippen molar-refractivity contribution in [2.45, 2.75) is 24.8 Å². The summed E-state index contributed by atoms with van der Waals surface area (Å²) in [6.45, 7) is 2.86. The van der Waals surface area contributed by atoms with Gasteiger partial charge in [0.05, 0.1) is 23.6 Å². The molecule has 1 atom stereocenters. The van der Waals surface area contributed by atoms with Gasteiger partial charge in [0.25, 0.3) is 5.91 Å². The van der Waals surface area contributed by atoms with E-state index in [-0.39, 0.29) is 17.6 Å². The second-order valence-electron chi connectivity index (χ2n) is 5.37. The Morgan fingerprint density at radius 2 is 1.96 bits per heavy atom. The first-order valence-electron chi connectivity index (χ1n) is 7.68. The van der Waals surface area contributed by atoms with Crippen molar-refractivity contribution < 1.29 is 23.5 Å². The van der Waals surface area contributed by atoms with E-state index < -0.39 is 18.5 Å². The molecule has 132 valence electrons. The van der Waals surface area contributed by atoms with Crippen molar-refractivity contribution in [1.29, 1.82) is 0 Å². The summed E-state index contributed by atoms with van der Waals surface area (Å²) in [6.07, 6.45) is 1.52. The van der Waals surface area contributed by atoms with Crippen LogP contribution in [0.4, 0.5) is 0 Å². The van der Waals surface area contributed by atoms with E-state index in [2.05, 4.69) is 5.32 Å². The minimum atomic E-state index is -0.604. The van der Waals surface area contributed by atoms with Crippen LogP contribution in [-0.2, 0) is 14.3 Å². The van der Waals surface area contributed by atoms with Gasteiger partial charge < -0.3 is 14.5 Å². The van der Waals surface area contributed by atoms with Gasteiger partial charge in [-0.3, -0.25) is 9.59 Å². The second kappa shape index (κ2) is 9.08. The molecular weight excluding hydrogens is 342 g/mol. The summed E-state index contributed by atoms with van der Waals surface area (Å²) in [5.74, 6) is -0.130. The third kappa shape index (κ3) is 5.79. The molecule has 25 heavy (non-hydrogen) atoms. The molecule has 0 spiro atoms. The van der Waals surface area contributed by atoms with Crippen LogP contribution < -0.4 is 5.32 Å². The van der Waals surface area contributed by atoms with Gasteiger partial charge in [-0.1, -0.05) is 12.1 Å². The number of Topliss-reactive ketones (excluding diaryl/α,β-unsaturated/α-hetero) is 1. The van der Waals surface area contributed by atoms with Crippen LogP contribution in [-0.4, -0.2) is 30.0 Å². The summed E-state index contributed by atoms with van der Waals surface area (Å²) in [5.41, 5.74) is 0.334. The average Bonchev–Trinajstić information content (AvgIpc) is 3.13. The van der Waals surface area contributed by atoms with Crippen LogP contribution in [0.5, 0.6) is 0 Å². The van der Waals surface area contributed by atoms with Crippen molar-refractivity contribution in [3.8, 4) is 0 Å². The maximum absolute atomic E-state index is 12.2. The first-order chi connectivity index (χ1) is 12.0. The average molecular weight is 361 g/mol. The molecule has 0 saturated carbocycles. The van der Waals surface area contributed by atoms with Gasteiger partial charge in [0.1, 0.15) is 11.5 Å². The topological polar surface area (TPSA) is 85.6 Å². The molecule has 6 nitrogen and oxygen atoms in total. The zero-order chi connectivity index (χ0) is 18.2. The first-order valence-corrected chi connectivity index (χ1v) is 8.67. The maximum Gasteiger partial charge on any atom is 0.339 e. The molecule has 0 fully saturated rings. The van der Waals surface area contributed by atoms with E-state index in [0.29, 0.717) is 16.2 Å². The van der Waals surface area contributed by atoms with E-state index in [1.807, 2.05) is 0 Å². The molecule has 2 aromatic rings. The Kier molecular flexibility index (Phi) is 6.82. The van der Waals surface area contributed by atoms with E-state index in [1.54, 1.807) is 43.3 Å². The number of furan rings is 1. The number of ketones is 1. The van der Waals surface area contributed by atoms with Gasteiger partial charge >= 0.3 is 5.97 Å². The van der Waals surface area contributed by atoms with Crippen molar-refractivity contribution in [2.24, 2.45) is 0 Å². The molecule has 2 rings (SSSR count). The number of hydrogen-bond donors (Lipinski definition) is 1. The number of ether oxygens (including phenoxy) is 1. The van der Waals surface area contributed by atoms with Gasteiger partial charge in [0.2, 0.25) is 0 Å². The Morgan fingerprint density at radius 3 is 2.64 bits per heavy atom. The first kappa shape index (κ1) is 18.8. The molecule has 0 saturated heterocycles. The molecule has 0 aliphatic carbocycles. The summed E-state index contributed by atoms with van der Waals surface area (Å²) in [6, 6.07) is 9.98. The summed E-state index contributed by atoms with van der Waals surface area (Å²) >= 11 is 1.26. The van der Waals surface area contributed by atoms with Crippen molar-refractivity contribution in [3.05, 3.63) is 54.0 Å². The fraction of sp³-hybridized carbons (Fsp3) is 0.278. The summed E-state index contributed by atoms with van der Waals surface area (Å²) in [7, 11) is 0. The molecule has 1 heterocycles. The van der Waals surface area contributed by atoms with Crippen molar-refractivity contribution in [1.82, 2.24) is 5.32 Å². The normalized spacial score (nSPS) is 11.6. The molecule has 0 aliphatic heterocycles. The quantitative estimate of drug-likeness (QED) is 0.575. The van der Waals surface area contributed by atoms with Crippen LogP contribution in [0, 0.1) is 0 Å². The van der Waals surface area contributed by atoms with Crippen molar-refractivity contribution in [3.63, 3.8) is 0 Å². The number of carbonyl (C=O) groups is 3. The van der Waals surface area contributed by atoms with Crippen molar-refractivity contribution in [2.75, 3.05) is 12.4 Å². The number of carbonyl (C=O) groups excluding carboxylic acids is 3. The van der Waals surface area contributed by atoms with Crippen LogP contribution >= 0.6 is 11.8 Å². The molecule has 0 bridgehead atoms. The summed E-state index contributed by atoms with van der Waals surface area (Å²) < 4.78 is 10.3. The zero-order valence-electron chi connectivity index (χ0n) is 14.0. The fourth-order valence-corrected chi connectivity index (χ4v) is 2.88. The Morgan fingerprint density at radius 1 is 1.20 bits per heavy atom. The minimum absolute atomic E-state index is 0.0134. The summed E-state index contributed by atoms with van der Waals surface area (Å²) in [5, 5.41) is 2.68. The van der Waals surface area contributed by atoms with Crippen molar-refractivity contribution >= 4 is 29.4 Å². The highest BCUT2D eigenvalue weighted by molar-refractivity contribution is 8.00. The Bertz CT molecular complexity index is 742. The Labute approximate surface area is 149 Å². The molecule has 1 aromatic heterocycles. The highest BCUT2D eigenvalue weighted by Crippen LogP contribution is 2.23. The molecule has 0 radical (unpaired) electrons. The third-order valence-corrected chi connectivity index (χ3v) is 4.44. The second-order valence-corrected chi connectivity index (χ2v) is 6.38. The smallest absolute Gasteiger partial charge is 0.339 e. The molecule has 0 unspecified atom stereocenters. The van der Waals surface area contributed by atoms with Gasteiger partial charge in [-0.25, -0.2) is 4.79 Å². The third-order valence-electron chi connectivity index (χ3n) is 3.22. The standard InChI is InChI=1S/C18H19NO5S/c1-12(20)11-25-16-8-4-3-6-14(16)18(22)24-10-17(21)19-13(2)15-7-5-9-23-15/h3-9,13H,10-11H2,1-2H3,(H,19,21)/t13-/m0/s1. The molecule has 7 heteroatoms. The van der Waals surface area contributed by atoms with E-state index in [4.69, 9.17) is 9.15 Å². The summed E-state index contributed by atoms with van der Waals surface area (Å²) in [4.78, 5) is 35.9. The fourth-order valence-electron chi connectivity index (χ4n) is 2.04. The SMILES string of the molecule is CC(=O)CSc1ccccc1C(=O)OCC(=O)N[C@@H](C)c1ccco1. The number of thioether (sulfide) groups is 1. The Balaban J connectivity index is 1.89. The lowest BCUT2D eigenvalue weighted by molar-refractivity contribution is -0.125. The lowest BCUT2D eigenvalue weighted by atomic mass is 10.2. The van der Waals surface area contributed by atoms with Crippen LogP contribution in [0.1, 0.15) is 36.0 Å². The predicted octanol–water partition coefficient (Wildman–Crippen LogP) is 2.99. The lowest BCUT2D eigenvalue weighted by Crippen LogP contribution is -2.31. The van der Waals surface area contributed by atoms with Gasteiger partial charge in [-0.15, -0.1) is 11.8 Å². The molecule has 0 aliphatic rings. The largest absolute Gasteiger partial charge is 0.467 e. The lowest BCUT2D eigenvalue weighted by Gasteiger charge is -2.12. The number of amides is 1. The number of nitrogens with one attached hydrogen (secondary N) is 1. The van der Waals surface area contributed by atoms with Gasteiger partial charge in [-0.2, -0.15) is 0 Å². The molecular formula is C18H19NO5S. The highest BCUT2D eigenvalue weighted by atomic mass is 32.2. The van der Waals surface area contributed by atoms with Crippen LogP contribution in [0.25, 0.3) is 0 Å². The van der Waals surface area contributed by atoms with E-state index >= 15 is 0 Å². The molecule has 1 N–H and O–H groups in total. The van der Waals surface area contributed by atoms with E-state index in [9.17, 15) is 14.4 Å².